The number of carbonyl (C=O) groups is 1. The van der Waals surface area contributed by atoms with Crippen LogP contribution in [-0.4, -0.2) is 25.5 Å². The van der Waals surface area contributed by atoms with Gasteiger partial charge < -0.3 is 10.2 Å². The molecule has 0 radical (unpaired) electrons. The van der Waals surface area contributed by atoms with Crippen LogP contribution in [0.5, 0.6) is 0 Å². The van der Waals surface area contributed by atoms with Crippen LogP contribution in [0.25, 0.3) is 6.08 Å². The number of amides is 1. The van der Waals surface area contributed by atoms with Crippen molar-refractivity contribution in [3.8, 4) is 0 Å². The Bertz CT molecular complexity index is 597. The molecule has 3 heteroatoms. The Kier molecular flexibility index (Phi) is 8.91. The van der Waals surface area contributed by atoms with Gasteiger partial charge in [-0.3, -0.25) is 4.79 Å². The van der Waals surface area contributed by atoms with Crippen LogP contribution in [0.1, 0.15) is 65.5 Å². The van der Waals surface area contributed by atoms with E-state index in [0.29, 0.717) is 12.3 Å². The van der Waals surface area contributed by atoms with E-state index in [1.54, 1.807) is 0 Å². The fraction of sp³-hybridized carbons (Fsp3) is 0.609. The van der Waals surface area contributed by atoms with E-state index in [9.17, 15) is 4.79 Å². The van der Waals surface area contributed by atoms with Gasteiger partial charge in [0.15, 0.2) is 0 Å². The van der Waals surface area contributed by atoms with Crippen molar-refractivity contribution in [2.45, 2.75) is 61.3 Å². The number of rotatable bonds is 9. The van der Waals surface area contributed by atoms with Gasteiger partial charge >= 0.3 is 0 Å². The van der Waals surface area contributed by atoms with Crippen molar-refractivity contribution in [3.63, 3.8) is 0 Å². The summed E-state index contributed by atoms with van der Waals surface area (Å²) in [5, 5.41) is 3.06. The van der Waals surface area contributed by atoms with Gasteiger partial charge in [0.25, 0.3) is 0 Å². The molecule has 0 saturated carbocycles. The molecule has 1 N–H and O–H groups in total. The minimum atomic E-state index is 0.0405. The standard InChI is InChI=1S/C23H38N2O/c1-8-10-20-15-21(12-11-19(20)4)25(17-18(2)3)14-9-13-24-22(26)16-23(5,6)7/h8,10-12,15,18H,9,13-14,16-17H2,1-7H3,(H,24,26)/b10-8-. The van der Waals surface area contributed by atoms with Crippen molar-refractivity contribution >= 4 is 17.7 Å². The molecule has 0 aliphatic heterocycles. The van der Waals surface area contributed by atoms with Crippen molar-refractivity contribution in [2.24, 2.45) is 11.3 Å². The number of nitrogens with zero attached hydrogens (tertiary/aromatic N) is 1. The van der Waals surface area contributed by atoms with E-state index < -0.39 is 0 Å². The van der Waals surface area contributed by atoms with Gasteiger partial charge in [-0.1, -0.05) is 52.8 Å². The maximum absolute atomic E-state index is 12.0. The highest BCUT2D eigenvalue weighted by Gasteiger charge is 2.15. The summed E-state index contributed by atoms with van der Waals surface area (Å²) in [6, 6.07) is 6.68. The second-order valence-corrected chi connectivity index (χ2v) is 8.82. The molecule has 1 aromatic carbocycles. The maximum atomic E-state index is 12.0. The molecular weight excluding hydrogens is 320 g/mol. The van der Waals surface area contributed by atoms with Crippen LogP contribution in [0.3, 0.4) is 0 Å². The average Bonchev–Trinajstić information content (AvgIpc) is 2.50. The quantitative estimate of drug-likeness (QED) is 0.597. The number of nitrogens with one attached hydrogen (secondary N) is 1. The predicted octanol–water partition coefficient (Wildman–Crippen LogP) is 5.43. The van der Waals surface area contributed by atoms with Crippen LogP contribution in [0.2, 0.25) is 0 Å². The lowest BCUT2D eigenvalue weighted by atomic mass is 9.92. The molecule has 26 heavy (non-hydrogen) atoms. The number of hydrogen-bond acceptors (Lipinski definition) is 2. The Balaban J connectivity index is 2.68. The summed E-state index contributed by atoms with van der Waals surface area (Å²) in [7, 11) is 0. The highest BCUT2D eigenvalue weighted by molar-refractivity contribution is 5.76. The van der Waals surface area contributed by atoms with Gasteiger partial charge in [0.2, 0.25) is 5.91 Å². The van der Waals surface area contributed by atoms with Crippen LogP contribution >= 0.6 is 0 Å². The van der Waals surface area contributed by atoms with E-state index in [1.165, 1.54) is 16.8 Å². The van der Waals surface area contributed by atoms with Crippen LogP contribution in [0, 0.1) is 18.3 Å². The number of benzene rings is 1. The summed E-state index contributed by atoms with van der Waals surface area (Å²) in [5.74, 6) is 0.746. The number of allylic oxidation sites excluding steroid dienone is 1. The van der Waals surface area contributed by atoms with Crippen LogP contribution in [-0.2, 0) is 4.79 Å². The number of hydrogen-bond donors (Lipinski definition) is 1. The van der Waals surface area contributed by atoms with E-state index >= 15 is 0 Å². The molecule has 0 bridgehead atoms. The lowest BCUT2D eigenvalue weighted by Gasteiger charge is -2.27. The summed E-state index contributed by atoms with van der Waals surface area (Å²) < 4.78 is 0. The maximum Gasteiger partial charge on any atom is 0.220 e. The third kappa shape index (κ3) is 8.55. The Morgan fingerprint density at radius 3 is 2.54 bits per heavy atom. The third-order valence-electron chi connectivity index (χ3n) is 4.18. The van der Waals surface area contributed by atoms with Gasteiger partial charge in [-0.15, -0.1) is 0 Å². The molecule has 3 nitrogen and oxygen atoms in total. The first kappa shape index (κ1) is 22.3. The minimum absolute atomic E-state index is 0.0405. The normalized spacial score (nSPS) is 12.0. The Labute approximate surface area is 160 Å². The van der Waals surface area contributed by atoms with Gasteiger partial charge in [-0.25, -0.2) is 0 Å². The number of anilines is 1. The molecule has 0 atom stereocenters. The van der Waals surface area contributed by atoms with E-state index in [4.69, 9.17) is 0 Å². The van der Waals surface area contributed by atoms with Crippen LogP contribution in [0.4, 0.5) is 5.69 Å². The zero-order valence-electron chi connectivity index (χ0n) is 17.9. The summed E-state index contributed by atoms with van der Waals surface area (Å²) in [6.07, 6.45) is 5.78. The molecule has 0 fully saturated rings. The van der Waals surface area contributed by atoms with Gasteiger partial charge in [0.1, 0.15) is 0 Å². The fourth-order valence-corrected chi connectivity index (χ4v) is 2.99. The fourth-order valence-electron chi connectivity index (χ4n) is 2.99. The largest absolute Gasteiger partial charge is 0.371 e. The molecule has 0 spiro atoms. The lowest BCUT2D eigenvalue weighted by Crippen LogP contribution is -2.33. The molecule has 146 valence electrons. The van der Waals surface area contributed by atoms with Crippen molar-refractivity contribution in [2.75, 3.05) is 24.5 Å². The monoisotopic (exact) mass is 358 g/mol. The van der Waals surface area contributed by atoms with E-state index in [0.717, 1.165) is 26.1 Å². The van der Waals surface area contributed by atoms with Gasteiger partial charge in [0.05, 0.1) is 0 Å². The first-order chi connectivity index (χ1) is 12.1. The molecule has 0 saturated heterocycles. The lowest BCUT2D eigenvalue weighted by molar-refractivity contribution is -0.122. The zero-order chi connectivity index (χ0) is 19.7. The summed E-state index contributed by atoms with van der Waals surface area (Å²) >= 11 is 0. The summed E-state index contributed by atoms with van der Waals surface area (Å²) in [5.41, 5.74) is 3.88. The summed E-state index contributed by atoms with van der Waals surface area (Å²) in [6.45, 7) is 17.7. The SMILES string of the molecule is C/C=C\c1cc(N(CCCNC(=O)CC(C)(C)C)CC(C)C)ccc1C. The number of carbonyl (C=O) groups excluding carboxylic acids is 1. The topological polar surface area (TPSA) is 32.3 Å². The van der Waals surface area contributed by atoms with Crippen molar-refractivity contribution in [1.82, 2.24) is 5.32 Å². The van der Waals surface area contributed by atoms with E-state index in [2.05, 4.69) is 89.0 Å². The third-order valence-corrected chi connectivity index (χ3v) is 4.18. The molecule has 1 amide bonds. The Morgan fingerprint density at radius 2 is 1.96 bits per heavy atom. The second kappa shape index (κ2) is 10.4. The first-order valence-corrected chi connectivity index (χ1v) is 9.87. The molecule has 0 aliphatic rings. The molecule has 0 heterocycles. The van der Waals surface area contributed by atoms with E-state index in [1.807, 2.05) is 0 Å². The number of aryl methyl sites for hydroxylation is 1. The smallest absolute Gasteiger partial charge is 0.220 e. The zero-order valence-corrected chi connectivity index (χ0v) is 17.9. The van der Waals surface area contributed by atoms with Crippen molar-refractivity contribution in [3.05, 3.63) is 35.4 Å². The molecular formula is C23H38N2O. The second-order valence-electron chi connectivity index (χ2n) is 8.82. The molecule has 1 aromatic rings. The average molecular weight is 359 g/mol. The van der Waals surface area contributed by atoms with Gasteiger partial charge in [0, 0.05) is 31.7 Å². The summed E-state index contributed by atoms with van der Waals surface area (Å²) in [4.78, 5) is 14.4. The molecule has 0 aromatic heterocycles. The highest BCUT2D eigenvalue weighted by atomic mass is 16.1. The van der Waals surface area contributed by atoms with Crippen molar-refractivity contribution in [1.29, 1.82) is 0 Å². The molecule has 0 aliphatic carbocycles. The minimum Gasteiger partial charge on any atom is -0.371 e. The molecule has 1 rings (SSSR count). The Hall–Kier alpha value is -1.77. The van der Waals surface area contributed by atoms with Crippen LogP contribution < -0.4 is 10.2 Å². The van der Waals surface area contributed by atoms with Gasteiger partial charge in [-0.05, 0) is 54.9 Å². The Morgan fingerprint density at radius 1 is 1.27 bits per heavy atom. The first-order valence-electron chi connectivity index (χ1n) is 9.87. The highest BCUT2D eigenvalue weighted by Crippen LogP contribution is 2.22. The van der Waals surface area contributed by atoms with E-state index in [-0.39, 0.29) is 11.3 Å². The predicted molar refractivity (Wildman–Crippen MR) is 115 cm³/mol. The van der Waals surface area contributed by atoms with Gasteiger partial charge in [-0.2, -0.15) is 0 Å². The van der Waals surface area contributed by atoms with Crippen LogP contribution in [0.15, 0.2) is 24.3 Å². The molecule has 0 unspecified atom stereocenters. The van der Waals surface area contributed by atoms with Crippen molar-refractivity contribution < 1.29 is 4.79 Å².